The fraction of sp³-hybridized carbons (Fsp3) is 0.846. The highest BCUT2D eigenvalue weighted by molar-refractivity contribution is 5.80. The van der Waals surface area contributed by atoms with Crippen molar-refractivity contribution in [2.24, 2.45) is 0 Å². The number of ether oxygens (including phenoxy) is 1. The van der Waals surface area contributed by atoms with Gasteiger partial charge >= 0.3 is 12.0 Å². The van der Waals surface area contributed by atoms with Crippen LogP contribution in [0, 0.1) is 0 Å². The van der Waals surface area contributed by atoms with Crippen LogP contribution in [0.25, 0.3) is 0 Å². The van der Waals surface area contributed by atoms with Gasteiger partial charge < -0.3 is 25.0 Å². The van der Waals surface area contributed by atoms with Gasteiger partial charge in [-0.25, -0.2) is 4.79 Å². The molecular formula is C13H25N3O4. The molecule has 1 saturated heterocycles. The number of piperidine rings is 1. The standard InChI is InChI=1S/C13H25N3O4/c1-3-16(11-4-6-14-7-5-11)13(19)15(8-9-20-2)10-12(17)18/h11,14H,3-10H2,1-2H3,(H,17,18). The molecule has 0 aromatic carbocycles. The number of carbonyl (C=O) groups is 2. The highest BCUT2D eigenvalue weighted by atomic mass is 16.5. The summed E-state index contributed by atoms with van der Waals surface area (Å²) in [7, 11) is 1.54. The average molecular weight is 287 g/mol. The maximum atomic E-state index is 12.5. The maximum Gasteiger partial charge on any atom is 0.323 e. The number of nitrogens with one attached hydrogen (secondary N) is 1. The molecule has 0 radical (unpaired) electrons. The second-order valence-corrected chi connectivity index (χ2v) is 4.86. The number of nitrogens with zero attached hydrogens (tertiary/aromatic N) is 2. The van der Waals surface area contributed by atoms with E-state index in [1.54, 1.807) is 4.90 Å². The van der Waals surface area contributed by atoms with Crippen molar-refractivity contribution in [3.8, 4) is 0 Å². The first-order valence-corrected chi connectivity index (χ1v) is 7.07. The van der Waals surface area contributed by atoms with Gasteiger partial charge in [-0.1, -0.05) is 0 Å². The van der Waals surface area contributed by atoms with E-state index in [0.29, 0.717) is 19.7 Å². The van der Waals surface area contributed by atoms with Crippen molar-refractivity contribution in [2.75, 3.05) is 46.4 Å². The maximum absolute atomic E-state index is 12.5. The first kappa shape index (κ1) is 16.7. The van der Waals surface area contributed by atoms with Gasteiger partial charge in [-0.15, -0.1) is 0 Å². The molecular weight excluding hydrogens is 262 g/mol. The van der Waals surface area contributed by atoms with E-state index in [-0.39, 0.29) is 18.6 Å². The Balaban J connectivity index is 2.69. The van der Waals surface area contributed by atoms with Crippen LogP contribution in [-0.2, 0) is 9.53 Å². The molecule has 0 saturated carbocycles. The van der Waals surface area contributed by atoms with Gasteiger partial charge in [0.25, 0.3) is 0 Å². The lowest BCUT2D eigenvalue weighted by Crippen LogP contribution is -2.52. The van der Waals surface area contributed by atoms with E-state index in [4.69, 9.17) is 9.84 Å². The van der Waals surface area contributed by atoms with Crippen molar-refractivity contribution in [3.63, 3.8) is 0 Å². The summed E-state index contributed by atoms with van der Waals surface area (Å²) < 4.78 is 4.95. The normalized spacial score (nSPS) is 15.9. The molecule has 2 N–H and O–H groups in total. The fourth-order valence-corrected chi connectivity index (χ4v) is 2.46. The summed E-state index contributed by atoms with van der Waals surface area (Å²) in [5, 5.41) is 12.2. The lowest BCUT2D eigenvalue weighted by Gasteiger charge is -2.37. The second kappa shape index (κ2) is 8.76. The number of carbonyl (C=O) groups excluding carboxylic acids is 1. The number of hydrogen-bond acceptors (Lipinski definition) is 4. The van der Waals surface area contributed by atoms with Gasteiger partial charge in [-0.3, -0.25) is 4.79 Å². The number of aliphatic carboxylic acids is 1. The number of hydrogen-bond donors (Lipinski definition) is 2. The van der Waals surface area contributed by atoms with E-state index in [9.17, 15) is 9.59 Å². The van der Waals surface area contributed by atoms with E-state index in [2.05, 4.69) is 5.32 Å². The quantitative estimate of drug-likeness (QED) is 0.699. The van der Waals surface area contributed by atoms with Crippen LogP contribution in [0.1, 0.15) is 19.8 Å². The molecule has 1 aliphatic heterocycles. The van der Waals surface area contributed by atoms with Gasteiger partial charge in [-0.05, 0) is 32.9 Å². The van der Waals surface area contributed by atoms with Gasteiger partial charge in [0.2, 0.25) is 0 Å². The summed E-state index contributed by atoms with van der Waals surface area (Å²) in [5.74, 6) is -1.00. The van der Waals surface area contributed by atoms with Crippen LogP contribution in [-0.4, -0.2) is 79.4 Å². The molecule has 0 aliphatic carbocycles. The number of urea groups is 1. The van der Waals surface area contributed by atoms with Gasteiger partial charge in [0.1, 0.15) is 6.54 Å². The summed E-state index contributed by atoms with van der Waals surface area (Å²) in [6.07, 6.45) is 1.82. The van der Waals surface area contributed by atoms with Gasteiger partial charge in [0, 0.05) is 26.2 Å². The Hall–Kier alpha value is -1.34. The van der Waals surface area contributed by atoms with E-state index < -0.39 is 5.97 Å². The molecule has 116 valence electrons. The van der Waals surface area contributed by atoms with Crippen LogP contribution in [0.3, 0.4) is 0 Å². The Kier molecular flexibility index (Phi) is 7.32. The number of amides is 2. The monoisotopic (exact) mass is 287 g/mol. The Morgan fingerprint density at radius 3 is 2.50 bits per heavy atom. The molecule has 1 fully saturated rings. The minimum Gasteiger partial charge on any atom is -0.480 e. The molecule has 1 aliphatic rings. The summed E-state index contributed by atoms with van der Waals surface area (Å²) in [5.41, 5.74) is 0. The average Bonchev–Trinajstić information content (AvgIpc) is 2.45. The van der Waals surface area contributed by atoms with Crippen molar-refractivity contribution in [1.29, 1.82) is 0 Å². The van der Waals surface area contributed by atoms with Crippen LogP contribution in [0.5, 0.6) is 0 Å². The number of methoxy groups -OCH3 is 1. The molecule has 20 heavy (non-hydrogen) atoms. The van der Waals surface area contributed by atoms with E-state index in [1.807, 2.05) is 6.92 Å². The molecule has 0 atom stereocenters. The molecule has 0 aromatic heterocycles. The van der Waals surface area contributed by atoms with Crippen LogP contribution < -0.4 is 5.32 Å². The SMILES string of the molecule is CCN(C(=O)N(CCOC)CC(=O)O)C1CCNCC1. The third kappa shape index (κ3) is 4.97. The van der Waals surface area contributed by atoms with Crippen LogP contribution in [0.4, 0.5) is 4.79 Å². The van der Waals surface area contributed by atoms with Gasteiger partial charge in [-0.2, -0.15) is 0 Å². The second-order valence-electron chi connectivity index (χ2n) is 4.86. The molecule has 0 bridgehead atoms. The molecule has 0 aromatic rings. The molecule has 7 nitrogen and oxygen atoms in total. The topological polar surface area (TPSA) is 82.1 Å². The van der Waals surface area contributed by atoms with Crippen molar-refractivity contribution < 1.29 is 19.4 Å². The summed E-state index contributed by atoms with van der Waals surface area (Å²) >= 11 is 0. The largest absolute Gasteiger partial charge is 0.480 e. The van der Waals surface area contributed by atoms with Crippen LogP contribution in [0.15, 0.2) is 0 Å². The van der Waals surface area contributed by atoms with Gasteiger partial charge in [0.15, 0.2) is 0 Å². The fourth-order valence-electron chi connectivity index (χ4n) is 2.46. The van der Waals surface area contributed by atoms with E-state index in [1.165, 1.54) is 12.0 Å². The Bertz CT molecular complexity index is 319. The molecule has 0 spiro atoms. The minimum atomic E-state index is -1.00. The number of rotatable bonds is 7. The first-order valence-electron chi connectivity index (χ1n) is 7.07. The van der Waals surface area contributed by atoms with E-state index >= 15 is 0 Å². The molecule has 0 unspecified atom stereocenters. The van der Waals surface area contributed by atoms with Crippen molar-refractivity contribution in [1.82, 2.24) is 15.1 Å². The lowest BCUT2D eigenvalue weighted by molar-refractivity contribution is -0.137. The Morgan fingerprint density at radius 1 is 1.35 bits per heavy atom. The zero-order valence-corrected chi connectivity index (χ0v) is 12.3. The predicted octanol–water partition coefficient (Wildman–Crippen LogP) is 0.213. The molecule has 7 heteroatoms. The predicted molar refractivity (Wildman–Crippen MR) is 74.8 cm³/mol. The van der Waals surface area contributed by atoms with Crippen molar-refractivity contribution >= 4 is 12.0 Å². The van der Waals surface area contributed by atoms with Crippen LogP contribution >= 0.6 is 0 Å². The summed E-state index contributed by atoms with van der Waals surface area (Å²) in [6.45, 7) is 4.65. The Labute approximate surface area is 119 Å². The molecule has 1 heterocycles. The van der Waals surface area contributed by atoms with Crippen molar-refractivity contribution in [2.45, 2.75) is 25.8 Å². The third-order valence-corrected chi connectivity index (χ3v) is 3.50. The lowest BCUT2D eigenvalue weighted by atomic mass is 10.1. The number of carboxylic acids is 1. The summed E-state index contributed by atoms with van der Waals surface area (Å²) in [6, 6.07) is -0.0218. The van der Waals surface area contributed by atoms with Crippen molar-refractivity contribution in [3.05, 3.63) is 0 Å². The first-order chi connectivity index (χ1) is 9.60. The highest BCUT2D eigenvalue weighted by Gasteiger charge is 2.28. The minimum absolute atomic E-state index is 0.188. The summed E-state index contributed by atoms with van der Waals surface area (Å²) in [4.78, 5) is 26.6. The smallest absolute Gasteiger partial charge is 0.323 e. The van der Waals surface area contributed by atoms with Gasteiger partial charge in [0.05, 0.1) is 6.61 Å². The number of carboxylic acid groups (broad SMARTS) is 1. The van der Waals surface area contributed by atoms with Crippen LogP contribution in [0.2, 0.25) is 0 Å². The van der Waals surface area contributed by atoms with E-state index in [0.717, 1.165) is 25.9 Å². The Morgan fingerprint density at radius 2 is 2.00 bits per heavy atom. The zero-order chi connectivity index (χ0) is 15.0. The molecule has 2 amide bonds. The third-order valence-electron chi connectivity index (χ3n) is 3.50. The zero-order valence-electron chi connectivity index (χ0n) is 12.3. The highest BCUT2D eigenvalue weighted by Crippen LogP contribution is 2.14. The molecule has 1 rings (SSSR count).